The standard InChI is InChI=1S/C17H14ClN3O2/c1-11-4-3-7-21-15(11)19-10-14(17(21)23)16(22)20-9-12-5-2-6-13(18)8-12/h2-8,10H,9H2,1H3,(H,20,22). The predicted octanol–water partition coefficient (Wildman–Crippen LogP) is 2.59. The van der Waals surface area contributed by atoms with E-state index in [1.54, 1.807) is 30.5 Å². The molecule has 0 spiro atoms. The van der Waals surface area contributed by atoms with Crippen LogP contribution in [-0.2, 0) is 6.54 Å². The van der Waals surface area contributed by atoms with E-state index in [1.165, 1.54) is 10.6 Å². The van der Waals surface area contributed by atoms with Gasteiger partial charge in [0.1, 0.15) is 11.2 Å². The van der Waals surface area contributed by atoms with Crippen molar-refractivity contribution in [3.63, 3.8) is 0 Å². The summed E-state index contributed by atoms with van der Waals surface area (Å²) < 4.78 is 1.38. The molecule has 2 aromatic heterocycles. The number of benzene rings is 1. The maximum Gasteiger partial charge on any atom is 0.270 e. The molecule has 0 aliphatic rings. The summed E-state index contributed by atoms with van der Waals surface area (Å²) >= 11 is 5.91. The maximum atomic E-state index is 12.4. The van der Waals surface area contributed by atoms with E-state index in [0.717, 1.165) is 11.1 Å². The number of amides is 1. The van der Waals surface area contributed by atoms with Gasteiger partial charge in [0.2, 0.25) is 0 Å². The van der Waals surface area contributed by atoms with Crippen LogP contribution in [0, 0.1) is 6.92 Å². The normalized spacial score (nSPS) is 10.7. The van der Waals surface area contributed by atoms with Gasteiger partial charge in [-0.1, -0.05) is 29.8 Å². The van der Waals surface area contributed by atoms with Gasteiger partial charge in [0.25, 0.3) is 11.5 Å². The van der Waals surface area contributed by atoms with Crippen LogP contribution in [0.3, 0.4) is 0 Å². The SMILES string of the molecule is Cc1cccn2c(=O)c(C(=O)NCc3cccc(Cl)c3)cnc12. The summed E-state index contributed by atoms with van der Waals surface area (Å²) in [6, 6.07) is 10.8. The zero-order valence-electron chi connectivity index (χ0n) is 12.4. The quantitative estimate of drug-likeness (QED) is 0.804. The summed E-state index contributed by atoms with van der Waals surface area (Å²) in [6.07, 6.45) is 2.92. The molecule has 2 heterocycles. The fourth-order valence-corrected chi connectivity index (χ4v) is 2.54. The van der Waals surface area contributed by atoms with Crippen LogP contribution in [0.1, 0.15) is 21.5 Å². The number of carbonyl (C=O) groups is 1. The summed E-state index contributed by atoms with van der Waals surface area (Å²) in [7, 11) is 0. The third kappa shape index (κ3) is 3.10. The number of fused-ring (bicyclic) bond motifs is 1. The number of hydrogen-bond donors (Lipinski definition) is 1. The molecule has 0 saturated heterocycles. The van der Waals surface area contributed by atoms with Crippen molar-refractivity contribution in [3.05, 3.63) is 80.9 Å². The first-order chi connectivity index (χ1) is 11.1. The first-order valence-corrected chi connectivity index (χ1v) is 7.43. The number of halogens is 1. The highest BCUT2D eigenvalue weighted by Crippen LogP contribution is 2.10. The average Bonchev–Trinajstić information content (AvgIpc) is 2.54. The van der Waals surface area contributed by atoms with Crippen molar-refractivity contribution in [1.82, 2.24) is 14.7 Å². The van der Waals surface area contributed by atoms with Crippen LogP contribution in [0.5, 0.6) is 0 Å². The molecule has 0 aliphatic heterocycles. The molecule has 6 heteroatoms. The number of rotatable bonds is 3. The van der Waals surface area contributed by atoms with Crippen molar-refractivity contribution in [2.45, 2.75) is 13.5 Å². The largest absolute Gasteiger partial charge is 0.348 e. The molecule has 3 rings (SSSR count). The summed E-state index contributed by atoms with van der Waals surface area (Å²) in [5.74, 6) is -0.460. The van der Waals surface area contributed by atoms with Crippen molar-refractivity contribution >= 4 is 23.2 Å². The Labute approximate surface area is 137 Å². The molecule has 23 heavy (non-hydrogen) atoms. The number of carbonyl (C=O) groups excluding carboxylic acids is 1. The van der Waals surface area contributed by atoms with Crippen LogP contribution >= 0.6 is 11.6 Å². The van der Waals surface area contributed by atoms with Crippen LogP contribution in [0.2, 0.25) is 5.02 Å². The molecular formula is C17H14ClN3O2. The second-order valence-corrected chi connectivity index (χ2v) is 5.61. The molecule has 5 nitrogen and oxygen atoms in total. The first-order valence-electron chi connectivity index (χ1n) is 7.06. The number of pyridine rings is 1. The van der Waals surface area contributed by atoms with E-state index in [2.05, 4.69) is 10.3 Å². The molecule has 116 valence electrons. The fourth-order valence-electron chi connectivity index (χ4n) is 2.33. The number of hydrogen-bond acceptors (Lipinski definition) is 3. The van der Waals surface area contributed by atoms with Crippen molar-refractivity contribution in [2.24, 2.45) is 0 Å². The smallest absolute Gasteiger partial charge is 0.270 e. The lowest BCUT2D eigenvalue weighted by atomic mass is 10.2. The Bertz CT molecular complexity index is 950. The van der Waals surface area contributed by atoms with E-state index in [1.807, 2.05) is 19.1 Å². The predicted molar refractivity (Wildman–Crippen MR) is 88.8 cm³/mol. The molecule has 1 N–H and O–H groups in total. The molecule has 0 atom stereocenters. The summed E-state index contributed by atoms with van der Waals surface area (Å²) in [6.45, 7) is 2.15. The minimum Gasteiger partial charge on any atom is -0.348 e. The highest BCUT2D eigenvalue weighted by Gasteiger charge is 2.13. The van der Waals surface area contributed by atoms with E-state index < -0.39 is 5.91 Å². The summed E-state index contributed by atoms with van der Waals surface area (Å²) in [5.41, 5.74) is 1.90. The van der Waals surface area contributed by atoms with E-state index in [0.29, 0.717) is 10.7 Å². The summed E-state index contributed by atoms with van der Waals surface area (Å²) in [4.78, 5) is 28.9. The molecule has 1 amide bonds. The van der Waals surface area contributed by atoms with Crippen molar-refractivity contribution in [3.8, 4) is 0 Å². The number of aromatic nitrogens is 2. The van der Waals surface area contributed by atoms with Gasteiger partial charge in [-0.15, -0.1) is 0 Å². The van der Waals surface area contributed by atoms with Gasteiger partial charge in [-0.05, 0) is 36.2 Å². The van der Waals surface area contributed by atoms with Gasteiger partial charge < -0.3 is 5.32 Å². The molecule has 0 bridgehead atoms. The van der Waals surface area contributed by atoms with Gasteiger partial charge in [0.05, 0.1) is 0 Å². The van der Waals surface area contributed by atoms with Gasteiger partial charge >= 0.3 is 0 Å². The Morgan fingerprint density at radius 3 is 2.91 bits per heavy atom. The second kappa shape index (κ2) is 6.22. The molecule has 0 radical (unpaired) electrons. The van der Waals surface area contributed by atoms with Gasteiger partial charge in [-0.3, -0.25) is 14.0 Å². The zero-order valence-corrected chi connectivity index (χ0v) is 13.2. The van der Waals surface area contributed by atoms with E-state index in [-0.39, 0.29) is 17.7 Å². The Kier molecular flexibility index (Phi) is 4.12. The Morgan fingerprint density at radius 2 is 2.13 bits per heavy atom. The fraction of sp³-hybridized carbons (Fsp3) is 0.118. The Morgan fingerprint density at radius 1 is 1.30 bits per heavy atom. The first kappa shape index (κ1) is 15.2. The zero-order chi connectivity index (χ0) is 16.4. The molecule has 0 fully saturated rings. The molecule has 0 unspecified atom stereocenters. The van der Waals surface area contributed by atoms with Crippen molar-refractivity contribution < 1.29 is 4.79 Å². The number of nitrogens with zero attached hydrogens (tertiary/aromatic N) is 2. The third-order valence-corrected chi connectivity index (χ3v) is 3.75. The second-order valence-electron chi connectivity index (χ2n) is 5.17. The maximum absolute atomic E-state index is 12.4. The number of aryl methyl sites for hydroxylation is 1. The van der Waals surface area contributed by atoms with E-state index in [9.17, 15) is 9.59 Å². The topological polar surface area (TPSA) is 63.5 Å². The lowest BCUT2D eigenvalue weighted by molar-refractivity contribution is 0.0949. The minimum absolute atomic E-state index is 0.00938. The number of nitrogens with one attached hydrogen (secondary N) is 1. The molecule has 3 aromatic rings. The van der Waals surface area contributed by atoms with E-state index in [4.69, 9.17) is 11.6 Å². The van der Waals surface area contributed by atoms with E-state index >= 15 is 0 Å². The summed E-state index contributed by atoms with van der Waals surface area (Å²) in [5, 5.41) is 3.31. The molecule has 0 saturated carbocycles. The van der Waals surface area contributed by atoms with Crippen molar-refractivity contribution in [2.75, 3.05) is 0 Å². The Hall–Kier alpha value is -2.66. The van der Waals surface area contributed by atoms with Gasteiger partial charge in [0.15, 0.2) is 0 Å². The highest BCUT2D eigenvalue weighted by molar-refractivity contribution is 6.30. The monoisotopic (exact) mass is 327 g/mol. The van der Waals surface area contributed by atoms with Gasteiger partial charge in [0, 0.05) is 24.0 Å². The van der Waals surface area contributed by atoms with Gasteiger partial charge in [-0.25, -0.2) is 4.98 Å². The minimum atomic E-state index is -0.460. The van der Waals surface area contributed by atoms with Crippen LogP contribution in [0.4, 0.5) is 0 Å². The van der Waals surface area contributed by atoms with Crippen molar-refractivity contribution in [1.29, 1.82) is 0 Å². The third-order valence-electron chi connectivity index (χ3n) is 3.51. The highest BCUT2D eigenvalue weighted by atomic mass is 35.5. The van der Waals surface area contributed by atoms with Crippen LogP contribution < -0.4 is 10.9 Å². The lowest BCUT2D eigenvalue weighted by Gasteiger charge is -2.07. The molecule has 1 aromatic carbocycles. The van der Waals surface area contributed by atoms with Crippen LogP contribution in [0.25, 0.3) is 5.65 Å². The molecular weight excluding hydrogens is 314 g/mol. The lowest BCUT2D eigenvalue weighted by Crippen LogP contribution is -2.31. The van der Waals surface area contributed by atoms with Crippen LogP contribution in [0.15, 0.2) is 53.6 Å². The van der Waals surface area contributed by atoms with Gasteiger partial charge in [-0.2, -0.15) is 0 Å². The average molecular weight is 328 g/mol. The van der Waals surface area contributed by atoms with Crippen LogP contribution in [-0.4, -0.2) is 15.3 Å². The molecule has 0 aliphatic carbocycles. The Balaban J connectivity index is 1.87.